The van der Waals surface area contributed by atoms with Crippen LogP contribution in [0.5, 0.6) is 0 Å². The molecule has 2 aromatic carbocycles. The molecule has 164 valence electrons. The van der Waals surface area contributed by atoms with Crippen LogP contribution >= 0.6 is 0 Å². The summed E-state index contributed by atoms with van der Waals surface area (Å²) in [4.78, 5) is 10.3. The van der Waals surface area contributed by atoms with Gasteiger partial charge in [-0.05, 0) is 60.2 Å². The van der Waals surface area contributed by atoms with Crippen molar-refractivity contribution >= 4 is 22.4 Å². The third-order valence-electron chi connectivity index (χ3n) is 6.20. The number of hydrogen-bond acceptors (Lipinski definition) is 4. The minimum atomic E-state index is 0.789. The topological polar surface area (TPSA) is 53.2 Å². The molecule has 0 aliphatic carbocycles. The molecule has 0 atom stereocenters. The van der Waals surface area contributed by atoms with Crippen LogP contribution in [0.2, 0.25) is 0 Å². The number of anilines is 2. The number of nitrogens with zero attached hydrogens (tertiary/aromatic N) is 2. The first-order chi connectivity index (χ1) is 15.8. The van der Waals surface area contributed by atoms with Gasteiger partial charge in [0.05, 0.1) is 13.2 Å². The quantitative estimate of drug-likeness (QED) is 0.423. The second-order valence-electron chi connectivity index (χ2n) is 8.36. The normalized spacial score (nSPS) is 14.1. The van der Waals surface area contributed by atoms with Gasteiger partial charge >= 0.3 is 0 Å². The lowest BCUT2D eigenvalue weighted by molar-refractivity contribution is 0.122. The van der Waals surface area contributed by atoms with Gasteiger partial charge in [0.1, 0.15) is 5.82 Å². The molecule has 0 unspecified atom stereocenters. The van der Waals surface area contributed by atoms with E-state index in [0.717, 1.165) is 57.9 Å². The van der Waals surface area contributed by atoms with Crippen molar-refractivity contribution in [1.82, 2.24) is 9.97 Å². The molecule has 1 aliphatic heterocycles. The van der Waals surface area contributed by atoms with Gasteiger partial charge in [-0.1, -0.05) is 36.4 Å². The molecule has 0 bridgehead atoms. The number of fused-ring (bicyclic) bond motifs is 1. The Hall–Kier alpha value is -3.31. The van der Waals surface area contributed by atoms with Gasteiger partial charge in [-0.25, -0.2) is 4.98 Å². The van der Waals surface area contributed by atoms with Gasteiger partial charge < -0.3 is 19.9 Å². The lowest BCUT2D eigenvalue weighted by Gasteiger charge is -2.27. The van der Waals surface area contributed by atoms with E-state index in [1.165, 1.54) is 33.3 Å². The van der Waals surface area contributed by atoms with Gasteiger partial charge in [0.2, 0.25) is 0 Å². The number of para-hydroxylation sites is 1. The molecule has 5 heteroatoms. The van der Waals surface area contributed by atoms with E-state index >= 15 is 0 Å². The lowest BCUT2D eigenvalue weighted by atomic mass is 10.1. The van der Waals surface area contributed by atoms with Gasteiger partial charge in [0.25, 0.3) is 0 Å². The Bertz CT molecular complexity index is 1130. The fraction of sp³-hybridized carbons (Fsp3) is 0.296. The summed E-state index contributed by atoms with van der Waals surface area (Å²) in [5, 5.41) is 4.87. The van der Waals surface area contributed by atoms with Crippen LogP contribution in [0.4, 0.5) is 11.5 Å². The number of nitrogens with one attached hydrogen (secondary N) is 2. The Labute approximate surface area is 189 Å². The van der Waals surface area contributed by atoms with Gasteiger partial charge in [-0.2, -0.15) is 0 Å². The summed E-state index contributed by atoms with van der Waals surface area (Å²) in [6.07, 6.45) is 7.17. The molecule has 32 heavy (non-hydrogen) atoms. The third kappa shape index (κ3) is 4.94. The van der Waals surface area contributed by atoms with Crippen molar-refractivity contribution < 1.29 is 4.74 Å². The zero-order valence-corrected chi connectivity index (χ0v) is 18.4. The SMILES string of the molecule is c1ccc2c(CCNc3ccc(CCc4ccc(N5CCOCC5)nc4)cc3)c[nH]c2c1. The molecule has 0 radical (unpaired) electrons. The maximum absolute atomic E-state index is 5.42. The first-order valence-electron chi connectivity index (χ1n) is 11.5. The van der Waals surface area contributed by atoms with Crippen LogP contribution in [0.25, 0.3) is 10.9 Å². The summed E-state index contributed by atoms with van der Waals surface area (Å²) in [6.45, 7) is 4.35. The Balaban J connectivity index is 1.09. The van der Waals surface area contributed by atoms with Crippen LogP contribution in [0.15, 0.2) is 73.1 Å². The molecule has 0 amide bonds. The number of pyridine rings is 1. The van der Waals surface area contributed by atoms with Crippen molar-refractivity contribution in [3.05, 3.63) is 89.7 Å². The lowest BCUT2D eigenvalue weighted by Crippen LogP contribution is -2.36. The number of aromatic nitrogens is 2. The van der Waals surface area contributed by atoms with Crippen LogP contribution in [0.3, 0.4) is 0 Å². The number of ether oxygens (including phenoxy) is 1. The molecular weight excluding hydrogens is 396 g/mol. The maximum atomic E-state index is 5.42. The monoisotopic (exact) mass is 426 g/mol. The molecule has 5 rings (SSSR count). The molecule has 2 N–H and O–H groups in total. The van der Waals surface area contributed by atoms with Gasteiger partial charge in [-0.3, -0.25) is 0 Å². The van der Waals surface area contributed by atoms with E-state index in [9.17, 15) is 0 Å². The first kappa shape index (κ1) is 20.6. The zero-order chi connectivity index (χ0) is 21.6. The Morgan fingerprint density at radius 1 is 0.875 bits per heavy atom. The summed E-state index contributed by atoms with van der Waals surface area (Å²) in [6, 6.07) is 21.6. The highest BCUT2D eigenvalue weighted by Crippen LogP contribution is 2.19. The van der Waals surface area contributed by atoms with E-state index in [-0.39, 0.29) is 0 Å². The van der Waals surface area contributed by atoms with Crippen molar-refractivity contribution in [2.45, 2.75) is 19.3 Å². The molecular formula is C27H30N4O. The predicted octanol–water partition coefficient (Wildman–Crippen LogP) is 4.84. The molecule has 4 aromatic rings. The zero-order valence-electron chi connectivity index (χ0n) is 18.4. The average molecular weight is 427 g/mol. The van der Waals surface area contributed by atoms with Crippen molar-refractivity contribution in [2.24, 2.45) is 0 Å². The second kappa shape index (κ2) is 9.88. The molecule has 2 aromatic heterocycles. The second-order valence-corrected chi connectivity index (χ2v) is 8.36. The summed E-state index contributed by atoms with van der Waals surface area (Å²) < 4.78 is 5.42. The van der Waals surface area contributed by atoms with Gasteiger partial charge in [0, 0.05) is 48.6 Å². The molecule has 5 nitrogen and oxygen atoms in total. The van der Waals surface area contributed by atoms with E-state index in [1.807, 2.05) is 6.20 Å². The molecule has 1 fully saturated rings. The van der Waals surface area contributed by atoms with E-state index < -0.39 is 0 Å². The number of hydrogen-bond donors (Lipinski definition) is 2. The minimum Gasteiger partial charge on any atom is -0.385 e. The number of aromatic amines is 1. The summed E-state index contributed by atoms with van der Waals surface area (Å²) in [5.74, 6) is 1.06. The number of H-pyrrole nitrogens is 1. The molecule has 1 aliphatic rings. The van der Waals surface area contributed by atoms with E-state index in [1.54, 1.807) is 0 Å². The smallest absolute Gasteiger partial charge is 0.128 e. The van der Waals surface area contributed by atoms with Crippen LogP contribution in [-0.4, -0.2) is 42.8 Å². The Morgan fingerprint density at radius 3 is 2.47 bits per heavy atom. The molecule has 0 saturated carbocycles. The molecule has 1 saturated heterocycles. The first-order valence-corrected chi connectivity index (χ1v) is 11.5. The molecule has 0 spiro atoms. The predicted molar refractivity (Wildman–Crippen MR) is 132 cm³/mol. The van der Waals surface area contributed by atoms with E-state index in [2.05, 4.69) is 87.0 Å². The maximum Gasteiger partial charge on any atom is 0.128 e. The summed E-state index contributed by atoms with van der Waals surface area (Å²) in [7, 11) is 0. The summed E-state index contributed by atoms with van der Waals surface area (Å²) in [5.41, 5.74) is 6.37. The minimum absolute atomic E-state index is 0.789. The average Bonchev–Trinajstić information content (AvgIpc) is 3.28. The molecule has 3 heterocycles. The Morgan fingerprint density at radius 2 is 1.66 bits per heavy atom. The third-order valence-corrected chi connectivity index (χ3v) is 6.20. The number of rotatable bonds is 8. The standard InChI is InChI=1S/C27H30N4O/c1-2-4-26-25(3-1)23(20-29-26)13-14-28-24-10-7-21(8-11-24)5-6-22-9-12-27(30-19-22)31-15-17-32-18-16-31/h1-4,7-12,19-20,28-29H,5-6,13-18H2. The van der Waals surface area contributed by atoms with Crippen molar-refractivity contribution in [2.75, 3.05) is 43.1 Å². The van der Waals surface area contributed by atoms with Crippen molar-refractivity contribution in [3.63, 3.8) is 0 Å². The van der Waals surface area contributed by atoms with Crippen molar-refractivity contribution in [1.29, 1.82) is 0 Å². The fourth-order valence-electron chi connectivity index (χ4n) is 4.30. The van der Waals surface area contributed by atoms with Crippen LogP contribution in [-0.2, 0) is 24.0 Å². The Kier molecular flexibility index (Phi) is 6.35. The highest BCUT2D eigenvalue weighted by atomic mass is 16.5. The highest BCUT2D eigenvalue weighted by Gasteiger charge is 2.12. The number of morpholine rings is 1. The summed E-state index contributed by atoms with van der Waals surface area (Å²) >= 11 is 0. The van der Waals surface area contributed by atoms with Gasteiger partial charge in [-0.15, -0.1) is 0 Å². The van der Waals surface area contributed by atoms with E-state index in [0.29, 0.717) is 0 Å². The van der Waals surface area contributed by atoms with Gasteiger partial charge in [0.15, 0.2) is 0 Å². The van der Waals surface area contributed by atoms with Crippen LogP contribution < -0.4 is 10.2 Å². The van der Waals surface area contributed by atoms with Crippen molar-refractivity contribution in [3.8, 4) is 0 Å². The number of benzene rings is 2. The number of aryl methyl sites for hydroxylation is 2. The van der Waals surface area contributed by atoms with Crippen LogP contribution in [0.1, 0.15) is 16.7 Å². The van der Waals surface area contributed by atoms with Crippen LogP contribution in [0, 0.1) is 0 Å². The highest BCUT2D eigenvalue weighted by molar-refractivity contribution is 5.83. The largest absolute Gasteiger partial charge is 0.385 e. The van der Waals surface area contributed by atoms with E-state index in [4.69, 9.17) is 4.74 Å². The fourth-order valence-corrected chi connectivity index (χ4v) is 4.30.